The first-order valence-electron chi connectivity index (χ1n) is 14.2. The second-order valence-corrected chi connectivity index (χ2v) is 12.6. The van der Waals surface area contributed by atoms with Gasteiger partial charge in [0.25, 0.3) is 10.2 Å². The van der Waals surface area contributed by atoms with Crippen molar-refractivity contribution in [2.45, 2.75) is 57.7 Å². The van der Waals surface area contributed by atoms with E-state index in [-0.39, 0.29) is 18.8 Å². The van der Waals surface area contributed by atoms with E-state index >= 15 is 0 Å². The van der Waals surface area contributed by atoms with Crippen molar-refractivity contribution in [3.63, 3.8) is 0 Å². The van der Waals surface area contributed by atoms with Gasteiger partial charge in [-0.1, -0.05) is 25.1 Å². The van der Waals surface area contributed by atoms with E-state index in [1.807, 2.05) is 6.92 Å². The van der Waals surface area contributed by atoms with Crippen LogP contribution in [0.25, 0.3) is 0 Å². The molecule has 1 unspecified atom stereocenters. The van der Waals surface area contributed by atoms with Gasteiger partial charge >= 0.3 is 0 Å². The largest absolute Gasteiger partial charge is 0.325 e. The SMILES string of the molecule is CC/C(CC[C@H]1CNCCN1S(=O)(=O)NCC(F)CCl)=C(\C=N)NC(=O)C[C@@H](c1ccc(F)cc1)c1cc(C)cc(F)c1. The minimum Gasteiger partial charge on any atom is -0.325 e. The molecule has 2 aromatic rings. The molecule has 3 atom stereocenters. The normalized spacial score (nSPS) is 18.0. The fraction of sp³-hybridized carbons (Fsp3) is 0.467. The highest BCUT2D eigenvalue weighted by Gasteiger charge is 2.32. The minimum atomic E-state index is -3.95. The number of aryl methyl sites for hydroxylation is 1. The summed E-state index contributed by atoms with van der Waals surface area (Å²) in [6, 6.07) is 9.80. The lowest BCUT2D eigenvalue weighted by molar-refractivity contribution is -0.120. The number of nitrogens with zero attached hydrogens (tertiary/aromatic N) is 1. The molecule has 8 nitrogen and oxygen atoms in total. The maximum Gasteiger partial charge on any atom is 0.279 e. The molecule has 236 valence electrons. The van der Waals surface area contributed by atoms with Gasteiger partial charge in [-0.15, -0.1) is 11.6 Å². The van der Waals surface area contributed by atoms with E-state index in [2.05, 4.69) is 15.4 Å². The number of nitrogens with one attached hydrogen (secondary N) is 4. The predicted molar refractivity (Wildman–Crippen MR) is 163 cm³/mol. The van der Waals surface area contributed by atoms with Crippen LogP contribution in [0.2, 0.25) is 0 Å². The second-order valence-electron chi connectivity index (χ2n) is 10.5. The van der Waals surface area contributed by atoms with E-state index in [0.29, 0.717) is 54.7 Å². The molecule has 0 bridgehead atoms. The van der Waals surface area contributed by atoms with Crippen molar-refractivity contribution in [3.8, 4) is 0 Å². The summed E-state index contributed by atoms with van der Waals surface area (Å²) in [5, 5.41) is 14.0. The molecule has 43 heavy (non-hydrogen) atoms. The summed E-state index contributed by atoms with van der Waals surface area (Å²) in [5.41, 5.74) is 2.95. The Morgan fingerprint density at radius 1 is 1.19 bits per heavy atom. The third-order valence-electron chi connectivity index (χ3n) is 7.39. The molecule has 0 aromatic heterocycles. The number of halogens is 4. The van der Waals surface area contributed by atoms with Gasteiger partial charge in [0.15, 0.2) is 0 Å². The van der Waals surface area contributed by atoms with Gasteiger partial charge in [-0.05, 0) is 72.7 Å². The molecule has 3 rings (SSSR count). The lowest BCUT2D eigenvalue weighted by Crippen LogP contribution is -2.57. The minimum absolute atomic E-state index is 0.0784. The zero-order chi connectivity index (χ0) is 31.6. The van der Waals surface area contributed by atoms with Crippen LogP contribution < -0.4 is 15.4 Å². The van der Waals surface area contributed by atoms with Gasteiger partial charge < -0.3 is 16.0 Å². The predicted octanol–water partition coefficient (Wildman–Crippen LogP) is 4.69. The number of benzene rings is 2. The first-order valence-corrected chi connectivity index (χ1v) is 16.2. The number of hydrogen-bond acceptors (Lipinski definition) is 5. The highest BCUT2D eigenvalue weighted by molar-refractivity contribution is 7.87. The summed E-state index contributed by atoms with van der Waals surface area (Å²) in [6.07, 6.45) is 0.778. The van der Waals surface area contributed by atoms with Crippen LogP contribution in [-0.2, 0) is 15.0 Å². The number of rotatable bonds is 15. The Hall–Kier alpha value is -2.77. The van der Waals surface area contributed by atoms with Gasteiger partial charge in [0.05, 0.1) is 11.6 Å². The van der Waals surface area contributed by atoms with Gasteiger partial charge in [0, 0.05) is 50.8 Å². The second kappa shape index (κ2) is 16.3. The van der Waals surface area contributed by atoms with Crippen molar-refractivity contribution >= 4 is 33.9 Å². The zero-order valence-electron chi connectivity index (χ0n) is 24.3. The first-order chi connectivity index (χ1) is 20.5. The highest BCUT2D eigenvalue weighted by atomic mass is 35.5. The molecule has 1 heterocycles. The van der Waals surface area contributed by atoms with Gasteiger partial charge in [0.2, 0.25) is 5.91 Å². The summed E-state index contributed by atoms with van der Waals surface area (Å²) < 4.78 is 70.9. The molecule has 1 aliphatic heterocycles. The monoisotopic (exact) mass is 641 g/mol. The fourth-order valence-electron chi connectivity index (χ4n) is 5.18. The molecular formula is C30H39ClF3N5O3S. The van der Waals surface area contributed by atoms with Crippen molar-refractivity contribution in [1.29, 1.82) is 5.41 Å². The molecule has 1 aliphatic rings. The molecule has 1 amide bonds. The molecule has 0 aliphatic carbocycles. The Kier molecular flexibility index (Phi) is 13.2. The number of carbonyl (C=O) groups excluding carboxylic acids is 1. The maximum absolute atomic E-state index is 14.3. The Morgan fingerprint density at radius 3 is 2.53 bits per heavy atom. The summed E-state index contributed by atoms with van der Waals surface area (Å²) in [6.45, 7) is 4.27. The lowest BCUT2D eigenvalue weighted by atomic mass is 9.87. The number of alkyl halides is 2. The molecule has 0 spiro atoms. The summed E-state index contributed by atoms with van der Waals surface area (Å²) in [5.74, 6) is -2.16. The molecule has 4 N–H and O–H groups in total. The molecule has 0 radical (unpaired) electrons. The standard InChI is InChI=1S/C30H39ClF3N5O3S/c1-3-21(6-9-27-19-36-10-11-39(27)43(41,42)37-18-26(34)16-31)29(17-35)38-30(40)15-28(22-4-7-24(32)8-5-22)23-12-20(2)13-25(33)14-23/h4-5,7-8,12-14,17,26-28,35-37H,3,6,9-11,15-16,18-19H2,1-2H3,(H,38,40)/b29-21-,35-17?/t26?,27-,28-/m0/s1. The van der Waals surface area contributed by atoms with E-state index < -0.39 is 52.4 Å². The smallest absolute Gasteiger partial charge is 0.279 e. The van der Waals surface area contributed by atoms with E-state index in [9.17, 15) is 26.4 Å². The van der Waals surface area contributed by atoms with Crippen molar-refractivity contribution in [1.82, 2.24) is 19.7 Å². The highest BCUT2D eigenvalue weighted by Crippen LogP contribution is 2.30. The average molecular weight is 642 g/mol. The average Bonchev–Trinajstić information content (AvgIpc) is 2.98. The fourth-order valence-corrected chi connectivity index (χ4v) is 6.75. The van der Waals surface area contributed by atoms with E-state index in [4.69, 9.17) is 17.0 Å². The van der Waals surface area contributed by atoms with Crippen molar-refractivity contribution < 1.29 is 26.4 Å². The van der Waals surface area contributed by atoms with E-state index in [1.54, 1.807) is 25.1 Å². The van der Waals surface area contributed by atoms with Crippen LogP contribution in [0, 0.1) is 24.0 Å². The Bertz CT molecular complexity index is 1370. The van der Waals surface area contributed by atoms with Crippen LogP contribution in [-0.4, -0.2) is 69.1 Å². The Morgan fingerprint density at radius 2 is 1.91 bits per heavy atom. The summed E-state index contributed by atoms with van der Waals surface area (Å²) in [4.78, 5) is 13.3. The molecule has 1 saturated heterocycles. The number of allylic oxidation sites excluding steroid dienone is 2. The van der Waals surface area contributed by atoms with Crippen molar-refractivity contribution in [3.05, 3.63) is 82.1 Å². The van der Waals surface area contributed by atoms with Gasteiger partial charge in [-0.25, -0.2) is 13.2 Å². The van der Waals surface area contributed by atoms with Gasteiger partial charge in [0.1, 0.15) is 17.8 Å². The maximum atomic E-state index is 14.3. The van der Waals surface area contributed by atoms with Crippen LogP contribution in [0.4, 0.5) is 13.2 Å². The molecule has 2 aromatic carbocycles. The third-order valence-corrected chi connectivity index (χ3v) is 9.36. The van der Waals surface area contributed by atoms with Gasteiger partial charge in [-0.2, -0.15) is 17.4 Å². The van der Waals surface area contributed by atoms with Crippen molar-refractivity contribution in [2.75, 3.05) is 32.1 Å². The van der Waals surface area contributed by atoms with Crippen molar-refractivity contribution in [2.24, 2.45) is 0 Å². The number of hydrogen-bond donors (Lipinski definition) is 4. The van der Waals surface area contributed by atoms with Crippen LogP contribution in [0.1, 0.15) is 55.2 Å². The Labute approximate surface area is 256 Å². The Balaban J connectivity index is 1.76. The number of carbonyl (C=O) groups is 1. The van der Waals surface area contributed by atoms with Crippen LogP contribution in [0.15, 0.2) is 53.7 Å². The number of amides is 1. The topological polar surface area (TPSA) is 114 Å². The van der Waals surface area contributed by atoms with Crippen LogP contribution in [0.5, 0.6) is 0 Å². The van der Waals surface area contributed by atoms with E-state index in [0.717, 1.165) is 11.8 Å². The molecule has 1 fully saturated rings. The first kappa shape index (κ1) is 34.7. The van der Waals surface area contributed by atoms with Gasteiger partial charge in [-0.3, -0.25) is 4.79 Å². The molecular weight excluding hydrogens is 603 g/mol. The lowest BCUT2D eigenvalue weighted by Gasteiger charge is -2.35. The number of piperazine rings is 1. The van der Waals surface area contributed by atoms with Crippen LogP contribution >= 0.6 is 11.6 Å². The zero-order valence-corrected chi connectivity index (χ0v) is 25.9. The van der Waals surface area contributed by atoms with Crippen LogP contribution in [0.3, 0.4) is 0 Å². The molecule has 0 saturated carbocycles. The summed E-state index contributed by atoms with van der Waals surface area (Å²) in [7, 11) is -3.95. The molecule has 13 heteroatoms. The summed E-state index contributed by atoms with van der Waals surface area (Å²) >= 11 is 5.47. The quantitative estimate of drug-likeness (QED) is 0.167. The third kappa shape index (κ3) is 10.1. The van der Waals surface area contributed by atoms with E-state index in [1.165, 1.54) is 28.6 Å².